The van der Waals surface area contributed by atoms with E-state index in [-0.39, 0.29) is 22.8 Å². The van der Waals surface area contributed by atoms with Crippen LogP contribution < -0.4 is 0 Å². The second-order valence-corrected chi connectivity index (χ2v) is 5.91. The summed E-state index contributed by atoms with van der Waals surface area (Å²) in [6.07, 6.45) is 2.98. The molecule has 0 unspecified atom stereocenters. The molecule has 0 fully saturated rings. The number of amides is 1. The number of amidine groups is 2. The van der Waals surface area contributed by atoms with Gasteiger partial charge < -0.3 is 14.4 Å². The van der Waals surface area contributed by atoms with Gasteiger partial charge in [-0.1, -0.05) is 12.1 Å². The smallest absolute Gasteiger partial charge is 0.335 e. The van der Waals surface area contributed by atoms with Gasteiger partial charge in [-0.2, -0.15) is 4.99 Å². The molecule has 0 bridgehead atoms. The molecule has 2 aliphatic rings. The van der Waals surface area contributed by atoms with Gasteiger partial charge in [-0.15, -0.1) is 5.06 Å². The highest BCUT2D eigenvalue weighted by Gasteiger charge is 2.34. The molecule has 8 heteroatoms. The highest BCUT2D eigenvalue weighted by Crippen LogP contribution is 2.27. The molecular weight excluding hydrogens is 350 g/mol. The molecule has 2 aliphatic heterocycles. The van der Waals surface area contributed by atoms with E-state index in [1.807, 2.05) is 0 Å². The van der Waals surface area contributed by atoms with Crippen LogP contribution in [0.25, 0.3) is 17.4 Å². The molecule has 1 aromatic carbocycles. The summed E-state index contributed by atoms with van der Waals surface area (Å²) in [6, 6.07) is 9.62. The van der Waals surface area contributed by atoms with E-state index in [0.29, 0.717) is 22.8 Å². The fourth-order valence-corrected chi connectivity index (χ4v) is 2.73. The minimum Gasteiger partial charge on any atom is -0.478 e. The van der Waals surface area contributed by atoms with Crippen molar-refractivity contribution in [2.24, 2.45) is 4.99 Å². The number of allylic oxidation sites excluding steroid dienone is 1. The third kappa shape index (κ3) is 2.93. The maximum atomic E-state index is 12.2. The molecule has 1 amide bonds. The van der Waals surface area contributed by atoms with Crippen molar-refractivity contribution in [3.05, 3.63) is 65.1 Å². The summed E-state index contributed by atoms with van der Waals surface area (Å²) in [4.78, 5) is 32.6. The quantitative estimate of drug-likeness (QED) is 0.810. The van der Waals surface area contributed by atoms with Crippen LogP contribution in [0.4, 0.5) is 0 Å². The van der Waals surface area contributed by atoms with Crippen molar-refractivity contribution in [2.45, 2.75) is 6.92 Å². The standard InChI is InChI=1S/C19H13N3O5/c1-10-7-16-21-18(23)14(17(20)22(16)27-10)9-13-5-6-15(26-13)11-3-2-4-12(8-11)19(24)25/h2-9,20H,1H3,(H,24,25)/b14-9+,20-17?. The Morgan fingerprint density at radius 1 is 1.30 bits per heavy atom. The first-order valence-electron chi connectivity index (χ1n) is 7.96. The zero-order valence-corrected chi connectivity index (χ0v) is 14.1. The maximum absolute atomic E-state index is 12.2. The number of hydrogen-bond donors (Lipinski definition) is 2. The van der Waals surface area contributed by atoms with E-state index < -0.39 is 11.9 Å². The molecule has 0 atom stereocenters. The number of aromatic carboxylic acids is 1. The summed E-state index contributed by atoms with van der Waals surface area (Å²) < 4.78 is 5.70. The number of nitrogens with zero attached hydrogens (tertiary/aromatic N) is 2. The molecule has 2 N–H and O–H groups in total. The first-order chi connectivity index (χ1) is 12.9. The molecule has 0 aliphatic carbocycles. The van der Waals surface area contributed by atoms with Gasteiger partial charge in [0.25, 0.3) is 5.91 Å². The SMILES string of the molecule is CC1=CC2=NC(=O)/C(=C/c3ccc(-c4cccc(C(=O)O)c4)o3)C(=N)N2O1. The normalized spacial score (nSPS) is 17.5. The molecule has 0 spiro atoms. The van der Waals surface area contributed by atoms with Crippen LogP contribution in [0.3, 0.4) is 0 Å². The third-order valence-corrected chi connectivity index (χ3v) is 3.99. The van der Waals surface area contributed by atoms with Crippen LogP contribution in [0.15, 0.2) is 63.2 Å². The zero-order valence-electron chi connectivity index (χ0n) is 14.1. The Morgan fingerprint density at radius 3 is 2.89 bits per heavy atom. The number of furan rings is 1. The van der Waals surface area contributed by atoms with Crippen molar-refractivity contribution in [3.8, 4) is 11.3 Å². The van der Waals surface area contributed by atoms with Crippen LogP contribution in [0, 0.1) is 5.41 Å². The monoisotopic (exact) mass is 363 g/mol. The number of fused-ring (bicyclic) bond motifs is 1. The van der Waals surface area contributed by atoms with Crippen LogP contribution in [-0.2, 0) is 9.63 Å². The number of carbonyl (C=O) groups excluding carboxylic acids is 1. The maximum Gasteiger partial charge on any atom is 0.335 e. The predicted molar refractivity (Wildman–Crippen MR) is 95.9 cm³/mol. The van der Waals surface area contributed by atoms with E-state index >= 15 is 0 Å². The Bertz CT molecular complexity index is 1090. The number of hydroxylamine groups is 2. The van der Waals surface area contributed by atoms with Gasteiger partial charge in [-0.25, -0.2) is 4.79 Å². The average molecular weight is 363 g/mol. The van der Waals surface area contributed by atoms with Crippen molar-refractivity contribution in [3.63, 3.8) is 0 Å². The van der Waals surface area contributed by atoms with Crippen molar-refractivity contribution in [1.82, 2.24) is 5.06 Å². The molecule has 8 nitrogen and oxygen atoms in total. The summed E-state index contributed by atoms with van der Waals surface area (Å²) in [5.74, 6) is -0.151. The molecule has 134 valence electrons. The molecule has 0 saturated carbocycles. The molecule has 4 rings (SSSR count). The number of benzene rings is 1. The Hall–Kier alpha value is -3.94. The first-order valence-corrected chi connectivity index (χ1v) is 7.96. The molecule has 27 heavy (non-hydrogen) atoms. The van der Waals surface area contributed by atoms with E-state index in [4.69, 9.17) is 19.8 Å². The van der Waals surface area contributed by atoms with E-state index in [0.717, 1.165) is 0 Å². The zero-order chi connectivity index (χ0) is 19.1. The van der Waals surface area contributed by atoms with Crippen molar-refractivity contribution in [2.75, 3.05) is 0 Å². The van der Waals surface area contributed by atoms with Crippen LogP contribution >= 0.6 is 0 Å². The highest BCUT2D eigenvalue weighted by atomic mass is 16.7. The van der Waals surface area contributed by atoms with Gasteiger partial charge >= 0.3 is 5.97 Å². The number of aliphatic imine (C=N–C) groups is 1. The van der Waals surface area contributed by atoms with Crippen LogP contribution in [0.5, 0.6) is 0 Å². The van der Waals surface area contributed by atoms with Gasteiger partial charge in [-0.3, -0.25) is 10.2 Å². The van der Waals surface area contributed by atoms with Crippen molar-refractivity contribution >= 4 is 29.6 Å². The van der Waals surface area contributed by atoms with Crippen molar-refractivity contribution < 1.29 is 24.0 Å². The van der Waals surface area contributed by atoms with Gasteiger partial charge in [0, 0.05) is 11.6 Å². The largest absolute Gasteiger partial charge is 0.478 e. The lowest BCUT2D eigenvalue weighted by atomic mass is 10.1. The fraction of sp³-hybridized carbons (Fsp3) is 0.0526. The average Bonchev–Trinajstić information content (AvgIpc) is 3.25. The minimum atomic E-state index is -1.03. The molecular formula is C19H13N3O5. The molecule has 0 saturated heterocycles. The fourth-order valence-electron chi connectivity index (χ4n) is 2.73. The van der Waals surface area contributed by atoms with Gasteiger partial charge in [0.2, 0.25) is 0 Å². The molecule has 2 aromatic rings. The minimum absolute atomic E-state index is 0.0297. The Labute approximate surface area is 153 Å². The Kier molecular flexibility index (Phi) is 3.73. The second kappa shape index (κ2) is 6.10. The van der Waals surface area contributed by atoms with Crippen LogP contribution in [0.1, 0.15) is 23.0 Å². The van der Waals surface area contributed by atoms with Crippen molar-refractivity contribution in [1.29, 1.82) is 5.41 Å². The van der Waals surface area contributed by atoms with E-state index in [1.165, 1.54) is 23.3 Å². The number of carbonyl (C=O) groups is 2. The molecule has 0 radical (unpaired) electrons. The summed E-state index contributed by atoms with van der Waals surface area (Å²) >= 11 is 0. The topological polar surface area (TPSA) is 116 Å². The highest BCUT2D eigenvalue weighted by molar-refractivity contribution is 6.32. The Balaban J connectivity index is 1.65. The van der Waals surface area contributed by atoms with E-state index in [2.05, 4.69) is 4.99 Å². The van der Waals surface area contributed by atoms with Gasteiger partial charge in [0.1, 0.15) is 17.3 Å². The van der Waals surface area contributed by atoms with E-state index in [1.54, 1.807) is 37.3 Å². The molecule has 3 heterocycles. The second-order valence-electron chi connectivity index (χ2n) is 5.91. The number of carboxylic acids is 1. The lowest BCUT2D eigenvalue weighted by molar-refractivity contribution is -0.114. The number of rotatable bonds is 3. The summed E-state index contributed by atoms with van der Waals surface area (Å²) in [6.45, 7) is 1.70. The Morgan fingerprint density at radius 2 is 2.11 bits per heavy atom. The number of carboxylic acid groups (broad SMARTS) is 1. The summed E-state index contributed by atoms with van der Waals surface area (Å²) in [7, 11) is 0. The summed E-state index contributed by atoms with van der Waals surface area (Å²) in [5, 5.41) is 18.4. The predicted octanol–water partition coefficient (Wildman–Crippen LogP) is 3.10. The molecule has 1 aromatic heterocycles. The lowest BCUT2D eigenvalue weighted by Crippen LogP contribution is -2.38. The third-order valence-electron chi connectivity index (χ3n) is 3.99. The lowest BCUT2D eigenvalue weighted by Gasteiger charge is -2.22. The van der Waals surface area contributed by atoms with Crippen LogP contribution in [0.2, 0.25) is 0 Å². The number of hydrogen-bond acceptors (Lipinski definition) is 5. The van der Waals surface area contributed by atoms with Crippen LogP contribution in [-0.4, -0.2) is 33.7 Å². The first kappa shape index (κ1) is 16.5. The summed E-state index contributed by atoms with van der Waals surface area (Å²) in [5.41, 5.74) is 0.763. The van der Waals surface area contributed by atoms with E-state index in [9.17, 15) is 9.59 Å². The number of nitrogens with one attached hydrogen (secondary N) is 1. The van der Waals surface area contributed by atoms with Gasteiger partial charge in [0.05, 0.1) is 11.1 Å². The van der Waals surface area contributed by atoms with Gasteiger partial charge in [-0.05, 0) is 37.3 Å². The van der Waals surface area contributed by atoms with Gasteiger partial charge in [0.15, 0.2) is 11.7 Å².